The Bertz CT molecular complexity index is 916. The SMILES string of the molecule is CC(C)c1ccc(CN2CC(c3noc(-c4ccccc4)n3)CC2=O)cc1. The Balaban J connectivity index is 1.44. The van der Waals surface area contributed by atoms with Crippen molar-refractivity contribution in [3.8, 4) is 11.5 Å². The maximum atomic E-state index is 12.5. The number of amides is 1. The molecule has 138 valence electrons. The summed E-state index contributed by atoms with van der Waals surface area (Å²) >= 11 is 0. The number of aromatic nitrogens is 2. The predicted octanol–water partition coefficient (Wildman–Crippen LogP) is 4.38. The first-order chi connectivity index (χ1) is 13.1. The second kappa shape index (κ2) is 7.35. The Labute approximate surface area is 159 Å². The van der Waals surface area contributed by atoms with Crippen LogP contribution in [0.3, 0.4) is 0 Å². The van der Waals surface area contributed by atoms with Crippen molar-refractivity contribution in [3.63, 3.8) is 0 Å². The van der Waals surface area contributed by atoms with E-state index in [0.29, 0.717) is 37.1 Å². The molecule has 1 aromatic heterocycles. The average molecular weight is 361 g/mol. The average Bonchev–Trinajstić information content (AvgIpc) is 3.30. The molecular weight excluding hydrogens is 338 g/mol. The first-order valence-electron chi connectivity index (χ1n) is 9.36. The molecule has 1 amide bonds. The van der Waals surface area contributed by atoms with Crippen LogP contribution >= 0.6 is 0 Å². The van der Waals surface area contributed by atoms with Gasteiger partial charge in [0.2, 0.25) is 5.91 Å². The zero-order chi connectivity index (χ0) is 18.8. The molecule has 1 saturated heterocycles. The van der Waals surface area contributed by atoms with Crippen LogP contribution in [0.1, 0.15) is 49.1 Å². The summed E-state index contributed by atoms with van der Waals surface area (Å²) in [6.45, 7) is 5.60. The molecule has 2 aromatic carbocycles. The summed E-state index contributed by atoms with van der Waals surface area (Å²) in [6.07, 6.45) is 0.428. The molecule has 1 unspecified atom stereocenters. The molecule has 3 aromatic rings. The standard InChI is InChI=1S/C22H23N3O2/c1-15(2)17-10-8-16(9-11-17)13-25-14-19(12-20(25)26)21-23-22(27-24-21)18-6-4-3-5-7-18/h3-11,15,19H,12-14H2,1-2H3. The normalized spacial score (nSPS) is 17.1. The van der Waals surface area contributed by atoms with Gasteiger partial charge in [-0.3, -0.25) is 4.79 Å². The van der Waals surface area contributed by atoms with Gasteiger partial charge in [0.15, 0.2) is 5.82 Å². The Morgan fingerprint density at radius 2 is 1.85 bits per heavy atom. The third kappa shape index (κ3) is 3.77. The number of carbonyl (C=O) groups excluding carboxylic acids is 1. The molecule has 4 rings (SSSR count). The van der Waals surface area contributed by atoms with E-state index in [1.165, 1.54) is 5.56 Å². The summed E-state index contributed by atoms with van der Waals surface area (Å²) in [5.74, 6) is 1.74. The lowest BCUT2D eigenvalue weighted by molar-refractivity contribution is -0.128. The first kappa shape index (κ1) is 17.5. The quantitative estimate of drug-likeness (QED) is 0.677. The van der Waals surface area contributed by atoms with E-state index >= 15 is 0 Å². The van der Waals surface area contributed by atoms with E-state index in [0.717, 1.165) is 11.1 Å². The van der Waals surface area contributed by atoms with Crippen molar-refractivity contribution in [1.29, 1.82) is 0 Å². The number of nitrogens with zero attached hydrogens (tertiary/aromatic N) is 3. The maximum absolute atomic E-state index is 12.5. The molecule has 0 bridgehead atoms. The smallest absolute Gasteiger partial charge is 0.257 e. The van der Waals surface area contributed by atoms with Crippen molar-refractivity contribution in [1.82, 2.24) is 15.0 Å². The van der Waals surface area contributed by atoms with Crippen molar-refractivity contribution in [2.45, 2.75) is 38.6 Å². The summed E-state index contributed by atoms with van der Waals surface area (Å²) in [7, 11) is 0. The van der Waals surface area contributed by atoms with Gasteiger partial charge >= 0.3 is 0 Å². The van der Waals surface area contributed by atoms with Crippen LogP contribution in [0.25, 0.3) is 11.5 Å². The highest BCUT2D eigenvalue weighted by Crippen LogP contribution is 2.29. The lowest BCUT2D eigenvalue weighted by Gasteiger charge is -2.16. The lowest BCUT2D eigenvalue weighted by atomic mass is 10.0. The van der Waals surface area contributed by atoms with Gasteiger partial charge in [-0.2, -0.15) is 4.98 Å². The van der Waals surface area contributed by atoms with Gasteiger partial charge in [0.25, 0.3) is 5.89 Å². The molecule has 1 fully saturated rings. The van der Waals surface area contributed by atoms with Crippen LogP contribution < -0.4 is 0 Å². The number of hydrogen-bond donors (Lipinski definition) is 0. The molecule has 1 atom stereocenters. The molecule has 1 aliphatic rings. The molecular formula is C22H23N3O2. The van der Waals surface area contributed by atoms with Crippen LogP contribution in [0.15, 0.2) is 59.1 Å². The minimum atomic E-state index is -0.0198. The van der Waals surface area contributed by atoms with Crippen LogP contribution in [-0.4, -0.2) is 27.5 Å². The second-order valence-electron chi connectivity index (χ2n) is 7.40. The van der Waals surface area contributed by atoms with Gasteiger partial charge < -0.3 is 9.42 Å². The molecule has 5 heteroatoms. The summed E-state index contributed by atoms with van der Waals surface area (Å²) in [5, 5.41) is 4.12. The highest BCUT2D eigenvalue weighted by atomic mass is 16.5. The van der Waals surface area contributed by atoms with Crippen molar-refractivity contribution in [3.05, 3.63) is 71.5 Å². The van der Waals surface area contributed by atoms with Crippen LogP contribution in [0.4, 0.5) is 0 Å². The minimum Gasteiger partial charge on any atom is -0.338 e. The molecule has 1 aliphatic heterocycles. The van der Waals surface area contributed by atoms with Crippen molar-refractivity contribution >= 4 is 5.91 Å². The Morgan fingerprint density at radius 1 is 1.11 bits per heavy atom. The molecule has 0 radical (unpaired) electrons. The Kier molecular flexibility index (Phi) is 4.75. The Hall–Kier alpha value is -2.95. The molecule has 5 nitrogen and oxygen atoms in total. The summed E-state index contributed by atoms with van der Waals surface area (Å²) in [5.41, 5.74) is 3.35. The largest absolute Gasteiger partial charge is 0.338 e. The van der Waals surface area contributed by atoms with Crippen molar-refractivity contribution in [2.24, 2.45) is 0 Å². The maximum Gasteiger partial charge on any atom is 0.257 e. The molecule has 0 aliphatic carbocycles. The fourth-order valence-electron chi connectivity index (χ4n) is 3.42. The number of hydrogen-bond acceptors (Lipinski definition) is 4. The van der Waals surface area contributed by atoms with E-state index in [2.05, 4.69) is 48.3 Å². The third-order valence-electron chi connectivity index (χ3n) is 5.06. The highest BCUT2D eigenvalue weighted by molar-refractivity contribution is 5.79. The molecule has 0 N–H and O–H groups in total. The van der Waals surface area contributed by atoms with E-state index in [-0.39, 0.29) is 11.8 Å². The van der Waals surface area contributed by atoms with E-state index < -0.39 is 0 Å². The highest BCUT2D eigenvalue weighted by Gasteiger charge is 2.33. The van der Waals surface area contributed by atoms with Crippen LogP contribution in [0, 0.1) is 0 Å². The first-order valence-corrected chi connectivity index (χ1v) is 9.36. The van der Waals surface area contributed by atoms with E-state index in [1.54, 1.807) is 0 Å². The van der Waals surface area contributed by atoms with E-state index in [1.807, 2.05) is 35.2 Å². The molecule has 2 heterocycles. The monoisotopic (exact) mass is 361 g/mol. The number of benzene rings is 2. The molecule has 0 saturated carbocycles. The van der Waals surface area contributed by atoms with Gasteiger partial charge in [0.05, 0.1) is 0 Å². The van der Waals surface area contributed by atoms with Gasteiger partial charge in [-0.15, -0.1) is 0 Å². The number of rotatable bonds is 5. The van der Waals surface area contributed by atoms with Gasteiger partial charge in [-0.05, 0) is 29.2 Å². The van der Waals surface area contributed by atoms with E-state index in [9.17, 15) is 4.79 Å². The Morgan fingerprint density at radius 3 is 2.56 bits per heavy atom. The summed E-state index contributed by atoms with van der Waals surface area (Å²) in [6, 6.07) is 18.2. The fourth-order valence-corrected chi connectivity index (χ4v) is 3.42. The summed E-state index contributed by atoms with van der Waals surface area (Å²) < 4.78 is 5.40. The third-order valence-corrected chi connectivity index (χ3v) is 5.06. The molecule has 27 heavy (non-hydrogen) atoms. The minimum absolute atomic E-state index is 0.0198. The molecule has 0 spiro atoms. The topological polar surface area (TPSA) is 59.2 Å². The lowest BCUT2D eigenvalue weighted by Crippen LogP contribution is -2.24. The van der Waals surface area contributed by atoms with Crippen LogP contribution in [0.5, 0.6) is 0 Å². The van der Waals surface area contributed by atoms with Crippen molar-refractivity contribution in [2.75, 3.05) is 6.54 Å². The number of carbonyl (C=O) groups is 1. The predicted molar refractivity (Wildman–Crippen MR) is 103 cm³/mol. The van der Waals surface area contributed by atoms with Gasteiger partial charge in [-0.1, -0.05) is 61.5 Å². The van der Waals surface area contributed by atoms with Gasteiger partial charge in [-0.25, -0.2) is 0 Å². The van der Waals surface area contributed by atoms with Gasteiger partial charge in [0, 0.05) is 31.0 Å². The van der Waals surface area contributed by atoms with Crippen LogP contribution in [-0.2, 0) is 11.3 Å². The van der Waals surface area contributed by atoms with Gasteiger partial charge in [0.1, 0.15) is 0 Å². The van der Waals surface area contributed by atoms with Crippen molar-refractivity contribution < 1.29 is 9.32 Å². The zero-order valence-electron chi connectivity index (χ0n) is 15.6. The zero-order valence-corrected chi connectivity index (χ0v) is 15.6. The van der Waals surface area contributed by atoms with E-state index in [4.69, 9.17) is 4.52 Å². The fraction of sp³-hybridized carbons (Fsp3) is 0.318. The van der Waals surface area contributed by atoms with Crippen LogP contribution in [0.2, 0.25) is 0 Å². The summed E-state index contributed by atoms with van der Waals surface area (Å²) in [4.78, 5) is 18.8. The second-order valence-corrected chi connectivity index (χ2v) is 7.40. The number of likely N-dealkylation sites (tertiary alicyclic amines) is 1.